The number of nitrogens with zero attached hydrogens (tertiary/aromatic N) is 1. The third-order valence-electron chi connectivity index (χ3n) is 4.03. The van der Waals surface area contributed by atoms with Crippen LogP contribution >= 0.6 is 11.6 Å². The van der Waals surface area contributed by atoms with E-state index in [1.165, 1.54) is 4.90 Å². The van der Waals surface area contributed by atoms with Gasteiger partial charge in [0, 0.05) is 12.5 Å². The Morgan fingerprint density at radius 2 is 2.00 bits per heavy atom. The van der Waals surface area contributed by atoms with E-state index in [4.69, 9.17) is 21.1 Å². The van der Waals surface area contributed by atoms with Crippen molar-refractivity contribution in [2.75, 3.05) is 39.4 Å². The summed E-state index contributed by atoms with van der Waals surface area (Å²) in [4.78, 5) is 14.7. The number of hydrogen-bond acceptors (Lipinski definition) is 3. The van der Waals surface area contributed by atoms with Crippen LogP contribution in [0, 0.1) is 0 Å². The smallest absolute Gasteiger partial charge is 0.219 e. The normalized spacial score (nSPS) is 18.7. The van der Waals surface area contributed by atoms with Crippen molar-refractivity contribution in [1.29, 1.82) is 0 Å². The van der Waals surface area contributed by atoms with Crippen molar-refractivity contribution in [3.8, 4) is 11.5 Å². The van der Waals surface area contributed by atoms with Gasteiger partial charge < -0.3 is 19.3 Å². The molecule has 1 amide bonds. The minimum atomic E-state index is 0.163. The number of fused-ring (bicyclic) bond motifs is 1. The lowest BCUT2D eigenvalue weighted by molar-refractivity contribution is -0.917. The summed E-state index contributed by atoms with van der Waals surface area (Å²) >= 11 is 6.26. The molecule has 2 heterocycles. The number of amides is 1. The largest absolute Gasteiger partial charge is 0.486 e. The van der Waals surface area contributed by atoms with Crippen molar-refractivity contribution in [3.63, 3.8) is 0 Å². The van der Waals surface area contributed by atoms with E-state index in [-0.39, 0.29) is 5.91 Å². The van der Waals surface area contributed by atoms with E-state index in [0.29, 0.717) is 24.0 Å². The van der Waals surface area contributed by atoms with Gasteiger partial charge in [0.15, 0.2) is 11.5 Å². The lowest BCUT2D eigenvalue weighted by Gasteiger charge is -2.31. The number of rotatable bonds is 2. The molecular weight excluding hydrogens is 292 g/mol. The summed E-state index contributed by atoms with van der Waals surface area (Å²) in [5.74, 6) is 1.56. The number of benzene rings is 1. The van der Waals surface area contributed by atoms with Crippen molar-refractivity contribution in [3.05, 3.63) is 22.7 Å². The van der Waals surface area contributed by atoms with Crippen LogP contribution in [-0.4, -0.2) is 50.2 Å². The van der Waals surface area contributed by atoms with E-state index in [1.54, 1.807) is 6.92 Å². The Kier molecular flexibility index (Phi) is 4.22. The van der Waals surface area contributed by atoms with Gasteiger partial charge in [-0.05, 0) is 12.1 Å². The molecule has 1 saturated heterocycles. The molecule has 2 aliphatic rings. The van der Waals surface area contributed by atoms with Gasteiger partial charge in [-0.15, -0.1) is 0 Å². The van der Waals surface area contributed by atoms with Crippen LogP contribution in [0.5, 0.6) is 11.5 Å². The molecule has 2 aliphatic heterocycles. The fourth-order valence-electron chi connectivity index (χ4n) is 2.87. The molecule has 21 heavy (non-hydrogen) atoms. The van der Waals surface area contributed by atoms with Gasteiger partial charge in [-0.1, -0.05) is 11.6 Å². The Balaban J connectivity index is 1.66. The van der Waals surface area contributed by atoms with Crippen LogP contribution in [0.25, 0.3) is 0 Å². The zero-order valence-corrected chi connectivity index (χ0v) is 12.9. The maximum Gasteiger partial charge on any atom is 0.219 e. The van der Waals surface area contributed by atoms with Crippen LogP contribution in [0.1, 0.15) is 12.5 Å². The van der Waals surface area contributed by atoms with E-state index < -0.39 is 0 Å². The summed E-state index contributed by atoms with van der Waals surface area (Å²) < 4.78 is 11.1. The highest BCUT2D eigenvalue weighted by Gasteiger charge is 2.23. The molecule has 1 aromatic rings. The first kappa shape index (κ1) is 14.5. The van der Waals surface area contributed by atoms with Crippen molar-refractivity contribution in [2.45, 2.75) is 13.5 Å². The molecule has 0 saturated carbocycles. The van der Waals surface area contributed by atoms with Crippen LogP contribution < -0.4 is 14.4 Å². The second-order valence-corrected chi connectivity index (χ2v) is 5.94. The third kappa shape index (κ3) is 3.24. The first-order chi connectivity index (χ1) is 10.1. The molecule has 0 aromatic heterocycles. The molecule has 0 bridgehead atoms. The summed E-state index contributed by atoms with van der Waals surface area (Å²) in [7, 11) is 0. The molecule has 0 unspecified atom stereocenters. The van der Waals surface area contributed by atoms with Gasteiger partial charge >= 0.3 is 0 Å². The average Bonchev–Trinajstić information content (AvgIpc) is 2.48. The predicted octanol–water partition coefficient (Wildman–Crippen LogP) is 0.358. The second kappa shape index (κ2) is 6.12. The lowest BCUT2D eigenvalue weighted by atomic mass is 10.1. The van der Waals surface area contributed by atoms with Gasteiger partial charge in [0.05, 0.1) is 31.2 Å². The summed E-state index contributed by atoms with van der Waals surface area (Å²) in [5, 5.41) is 0.615. The fraction of sp³-hybridized carbons (Fsp3) is 0.533. The zero-order chi connectivity index (χ0) is 14.8. The molecule has 1 aromatic carbocycles. The highest BCUT2D eigenvalue weighted by atomic mass is 35.5. The van der Waals surface area contributed by atoms with Crippen LogP contribution in [0.3, 0.4) is 0 Å². The number of halogens is 1. The molecule has 0 spiro atoms. The summed E-state index contributed by atoms with van der Waals surface area (Å²) in [6, 6.07) is 3.98. The first-order valence-corrected chi connectivity index (χ1v) is 7.68. The minimum Gasteiger partial charge on any atom is -0.486 e. The summed E-state index contributed by atoms with van der Waals surface area (Å²) in [6.07, 6.45) is 0. The second-order valence-electron chi connectivity index (χ2n) is 5.53. The Labute approximate surface area is 129 Å². The van der Waals surface area contributed by atoms with E-state index in [9.17, 15) is 4.79 Å². The zero-order valence-electron chi connectivity index (χ0n) is 12.2. The third-order valence-corrected chi connectivity index (χ3v) is 4.31. The number of nitrogens with one attached hydrogen (secondary N) is 1. The molecule has 1 fully saturated rings. The summed E-state index contributed by atoms with van der Waals surface area (Å²) in [6.45, 7) is 7.21. The Morgan fingerprint density at radius 3 is 2.71 bits per heavy atom. The van der Waals surface area contributed by atoms with Crippen LogP contribution in [0.15, 0.2) is 12.1 Å². The average molecular weight is 312 g/mol. The Morgan fingerprint density at radius 1 is 1.29 bits per heavy atom. The highest BCUT2D eigenvalue weighted by molar-refractivity contribution is 6.32. The fourth-order valence-corrected chi connectivity index (χ4v) is 3.16. The van der Waals surface area contributed by atoms with Crippen LogP contribution in [-0.2, 0) is 11.3 Å². The molecule has 0 aliphatic carbocycles. The molecule has 3 rings (SSSR count). The minimum absolute atomic E-state index is 0.163. The number of quaternary nitrogens is 1. The molecule has 5 nitrogen and oxygen atoms in total. The number of ether oxygens (including phenoxy) is 2. The quantitative estimate of drug-likeness (QED) is 0.857. The van der Waals surface area contributed by atoms with Crippen molar-refractivity contribution in [1.82, 2.24) is 4.90 Å². The Hall–Kier alpha value is -1.46. The maximum atomic E-state index is 11.3. The predicted molar refractivity (Wildman–Crippen MR) is 79.1 cm³/mol. The van der Waals surface area contributed by atoms with E-state index in [1.807, 2.05) is 17.0 Å². The van der Waals surface area contributed by atoms with Crippen LogP contribution in [0.2, 0.25) is 5.02 Å². The van der Waals surface area contributed by atoms with Gasteiger partial charge in [0.25, 0.3) is 0 Å². The standard InChI is InChI=1S/C15H19ClN2O3/c1-11(19)18-4-2-17(3-5-18)10-12-8-13(16)15-14(9-12)20-6-7-21-15/h8-9H,2-7,10H2,1H3/p+1. The van der Waals surface area contributed by atoms with Crippen molar-refractivity contribution >= 4 is 17.5 Å². The molecule has 0 atom stereocenters. The molecule has 1 N–H and O–H groups in total. The van der Waals surface area contributed by atoms with Crippen LogP contribution in [0.4, 0.5) is 0 Å². The monoisotopic (exact) mass is 311 g/mol. The van der Waals surface area contributed by atoms with E-state index in [0.717, 1.165) is 44.0 Å². The number of piperazine rings is 1. The first-order valence-electron chi connectivity index (χ1n) is 7.30. The van der Waals surface area contributed by atoms with Gasteiger partial charge in [-0.25, -0.2) is 0 Å². The number of carbonyl (C=O) groups excluding carboxylic acids is 1. The molecule has 114 valence electrons. The number of carbonyl (C=O) groups is 1. The van der Waals surface area contributed by atoms with Crippen molar-refractivity contribution in [2.24, 2.45) is 0 Å². The molecular formula is C15H20ClN2O3+. The topological polar surface area (TPSA) is 43.2 Å². The lowest BCUT2D eigenvalue weighted by Crippen LogP contribution is -3.13. The van der Waals surface area contributed by atoms with Gasteiger partial charge in [-0.2, -0.15) is 0 Å². The van der Waals surface area contributed by atoms with Gasteiger partial charge in [0.1, 0.15) is 19.8 Å². The molecule has 0 radical (unpaired) electrons. The molecule has 6 heteroatoms. The van der Waals surface area contributed by atoms with E-state index >= 15 is 0 Å². The highest BCUT2D eigenvalue weighted by Crippen LogP contribution is 2.38. The SMILES string of the molecule is CC(=O)N1CC[NH+](Cc2cc(Cl)c3c(c2)OCCO3)CC1. The van der Waals surface area contributed by atoms with E-state index in [2.05, 4.69) is 0 Å². The van der Waals surface area contributed by atoms with Crippen molar-refractivity contribution < 1.29 is 19.2 Å². The van der Waals surface area contributed by atoms with Gasteiger partial charge in [-0.3, -0.25) is 4.79 Å². The summed E-state index contributed by atoms with van der Waals surface area (Å²) in [5.41, 5.74) is 1.15. The number of hydrogen-bond donors (Lipinski definition) is 1. The van der Waals surface area contributed by atoms with Gasteiger partial charge in [0.2, 0.25) is 5.91 Å². The maximum absolute atomic E-state index is 11.3. The Bertz CT molecular complexity index is 542.